The first-order valence-electron chi connectivity index (χ1n) is 17.1. The van der Waals surface area contributed by atoms with E-state index < -0.39 is 33.8 Å². The number of rotatable bonds is 18. The molecule has 4 bridgehead atoms. The molecule has 41 heavy (non-hydrogen) atoms. The first-order valence-corrected chi connectivity index (χ1v) is 28.4. The van der Waals surface area contributed by atoms with E-state index in [4.69, 9.17) is 21.8 Å². The average molecular weight is 643 g/mol. The minimum atomic E-state index is -1.95. The summed E-state index contributed by atoms with van der Waals surface area (Å²) in [5.41, 5.74) is 0. The van der Waals surface area contributed by atoms with Crippen molar-refractivity contribution in [3.63, 3.8) is 0 Å². The van der Waals surface area contributed by atoms with Gasteiger partial charge in [-0.1, -0.05) is 12.8 Å². The minimum absolute atomic E-state index is 0.903. The Morgan fingerprint density at radius 3 is 1.24 bits per heavy atom. The molecule has 0 N–H and O–H groups in total. The maximum absolute atomic E-state index is 7.20. The fraction of sp³-hybridized carbons (Fsp3) is 1.00. The van der Waals surface area contributed by atoms with Crippen LogP contribution in [0, 0.1) is 47.3 Å². The van der Waals surface area contributed by atoms with Crippen molar-refractivity contribution in [3.05, 3.63) is 0 Å². The molecule has 8 atom stereocenters. The molecule has 4 aliphatic carbocycles. The molecular weight excluding hydrogens is 577 g/mol. The monoisotopic (exact) mass is 642 g/mol. The van der Waals surface area contributed by atoms with Gasteiger partial charge in [0.05, 0.1) is 0 Å². The molecule has 4 rings (SSSR count). The third-order valence-corrected chi connectivity index (χ3v) is 25.9. The lowest BCUT2D eigenvalue weighted by Gasteiger charge is -2.37. The van der Waals surface area contributed by atoms with E-state index in [1.165, 1.54) is 76.3 Å². The van der Waals surface area contributed by atoms with Crippen LogP contribution in [0.1, 0.15) is 64.2 Å². The van der Waals surface area contributed by atoms with Gasteiger partial charge in [0.1, 0.15) is 0 Å². The highest BCUT2D eigenvalue weighted by Crippen LogP contribution is 2.56. The summed E-state index contributed by atoms with van der Waals surface area (Å²) in [6, 6.07) is 5.01. The van der Waals surface area contributed by atoms with E-state index in [2.05, 4.69) is 39.3 Å². The van der Waals surface area contributed by atoms with E-state index in [1.807, 2.05) is 28.4 Å². The lowest BCUT2D eigenvalue weighted by atomic mass is 9.78. The van der Waals surface area contributed by atoms with E-state index in [0.717, 1.165) is 59.4 Å². The average Bonchev–Trinajstić information content (AvgIpc) is 3.73. The topological polar surface area (TPSA) is 46.2 Å². The Bertz CT molecular complexity index is 833. The largest absolute Gasteiger partial charge is 0.455 e. The van der Waals surface area contributed by atoms with Gasteiger partial charge in [0.25, 0.3) is 0 Å². The lowest BCUT2D eigenvalue weighted by Crippen LogP contribution is -2.45. The summed E-state index contributed by atoms with van der Waals surface area (Å²) in [6.07, 6.45) is 14.3. The van der Waals surface area contributed by atoms with Crippen molar-refractivity contribution >= 4 is 33.8 Å². The van der Waals surface area contributed by atoms with Gasteiger partial charge in [-0.05, 0) is 162 Å². The molecule has 5 nitrogen and oxygen atoms in total. The summed E-state index contributed by atoms with van der Waals surface area (Å²) < 4.78 is 30.3. The molecule has 0 amide bonds. The summed E-state index contributed by atoms with van der Waals surface area (Å²) >= 11 is 0. The fourth-order valence-electron chi connectivity index (χ4n) is 9.92. The van der Waals surface area contributed by atoms with Crippen LogP contribution >= 0.6 is 0 Å². The molecule has 0 aromatic heterocycles. The van der Waals surface area contributed by atoms with E-state index in [0.29, 0.717) is 0 Å². The van der Waals surface area contributed by atoms with Gasteiger partial charge in [-0.25, -0.2) is 0 Å². The van der Waals surface area contributed by atoms with E-state index in [-0.39, 0.29) is 0 Å². The van der Waals surface area contributed by atoms with Gasteiger partial charge >= 0.3 is 17.1 Å². The highest BCUT2D eigenvalue weighted by molar-refractivity contribution is 6.84. The van der Waals surface area contributed by atoms with Gasteiger partial charge in [0.15, 0.2) is 16.6 Å². The number of hydrogen-bond donors (Lipinski definition) is 0. The third kappa shape index (κ3) is 8.90. The number of hydrogen-bond acceptors (Lipinski definition) is 5. The summed E-state index contributed by atoms with van der Waals surface area (Å²) in [5, 5.41) is 0. The van der Waals surface area contributed by atoms with Gasteiger partial charge in [-0.2, -0.15) is 0 Å². The van der Waals surface area contributed by atoms with Crippen molar-refractivity contribution in [2.75, 3.05) is 28.4 Å². The third-order valence-electron chi connectivity index (χ3n) is 12.7. The normalized spacial score (nSPS) is 33.8. The molecule has 4 fully saturated rings. The van der Waals surface area contributed by atoms with Gasteiger partial charge in [0, 0.05) is 28.4 Å². The Labute approximate surface area is 258 Å². The molecule has 0 saturated heterocycles. The van der Waals surface area contributed by atoms with Crippen molar-refractivity contribution < 1.29 is 21.8 Å². The van der Waals surface area contributed by atoms with Gasteiger partial charge in [0.2, 0.25) is 0 Å². The maximum Gasteiger partial charge on any atom is 0.334 e. The van der Waals surface area contributed by atoms with Gasteiger partial charge in [-0.15, -0.1) is 0 Å². The molecular formula is C32H66O5Si4. The summed E-state index contributed by atoms with van der Waals surface area (Å²) in [4.78, 5) is 0. The van der Waals surface area contributed by atoms with Crippen LogP contribution in [0.25, 0.3) is 0 Å². The Hall–Kier alpha value is 0.668. The molecule has 9 heteroatoms. The van der Waals surface area contributed by atoms with Crippen LogP contribution in [0.4, 0.5) is 0 Å². The zero-order valence-corrected chi connectivity index (χ0v) is 32.6. The molecule has 0 heterocycles. The molecule has 8 unspecified atom stereocenters. The van der Waals surface area contributed by atoms with Crippen molar-refractivity contribution in [2.45, 2.75) is 128 Å². The molecule has 4 aliphatic rings. The first kappa shape index (κ1) is 34.5. The SMILES string of the molecule is CO[Si](C)(CCC1CC2CC1CC2CC[Si](C)(C)O[Si](C)(C)CCC1CC2CC(CC[Si](C)(OC)OC)C1C2)OC. The van der Waals surface area contributed by atoms with E-state index in [9.17, 15) is 0 Å². The molecule has 240 valence electrons. The predicted molar refractivity (Wildman–Crippen MR) is 181 cm³/mol. The quantitative estimate of drug-likeness (QED) is 0.140. The Morgan fingerprint density at radius 1 is 0.463 bits per heavy atom. The fourth-order valence-corrected chi connectivity index (χ4v) is 21.8. The van der Waals surface area contributed by atoms with Crippen LogP contribution in [0.15, 0.2) is 0 Å². The second kappa shape index (κ2) is 14.0. The standard InChI is InChI=1S/C32H66O5Si4/c1-33-40(9,34-2)17-13-27-23-30-24-31(27)22-26(30)11-15-38(5,6)37-39(7,8)16-12-28-19-25-20-29(32(28)21-25)14-18-41(10,35-3)36-4/h25-32H,11-24H2,1-10H3. The van der Waals surface area contributed by atoms with E-state index >= 15 is 0 Å². The summed E-state index contributed by atoms with van der Waals surface area (Å²) in [7, 11) is 0.199. The second-order valence-electron chi connectivity index (χ2n) is 16.4. The van der Waals surface area contributed by atoms with Crippen molar-refractivity contribution in [1.29, 1.82) is 0 Å². The zero-order chi connectivity index (χ0) is 30.1. The van der Waals surface area contributed by atoms with Crippen LogP contribution in [-0.2, 0) is 21.8 Å². The molecule has 0 spiro atoms. The Balaban J connectivity index is 1.17. The van der Waals surface area contributed by atoms with Crippen LogP contribution in [-0.4, -0.2) is 62.2 Å². The van der Waals surface area contributed by atoms with E-state index in [1.54, 1.807) is 0 Å². The predicted octanol–water partition coefficient (Wildman–Crippen LogP) is 9.03. The smallest absolute Gasteiger partial charge is 0.334 e. The summed E-state index contributed by atoms with van der Waals surface area (Å²) in [6.45, 7) is 14.6. The summed E-state index contributed by atoms with van der Waals surface area (Å²) in [5.74, 6) is 7.57. The Morgan fingerprint density at radius 2 is 0.854 bits per heavy atom. The number of fused-ring (bicyclic) bond motifs is 4. The van der Waals surface area contributed by atoms with Gasteiger partial charge in [-0.3, -0.25) is 0 Å². The van der Waals surface area contributed by atoms with Crippen LogP contribution in [0.5, 0.6) is 0 Å². The second-order valence-corrected chi connectivity index (χ2v) is 32.4. The highest BCUT2D eigenvalue weighted by Gasteiger charge is 2.48. The van der Waals surface area contributed by atoms with Crippen LogP contribution in [0.3, 0.4) is 0 Å². The lowest BCUT2D eigenvalue weighted by molar-refractivity contribution is 0.209. The first-order chi connectivity index (χ1) is 19.2. The Kier molecular flexibility index (Phi) is 11.8. The highest BCUT2D eigenvalue weighted by atomic mass is 28.4. The molecule has 0 aliphatic heterocycles. The maximum atomic E-state index is 7.20. The molecule has 0 radical (unpaired) electrons. The van der Waals surface area contributed by atoms with Crippen molar-refractivity contribution in [3.8, 4) is 0 Å². The van der Waals surface area contributed by atoms with Crippen LogP contribution in [0.2, 0.25) is 63.5 Å². The van der Waals surface area contributed by atoms with Gasteiger partial charge < -0.3 is 21.8 Å². The minimum Gasteiger partial charge on any atom is -0.455 e. The van der Waals surface area contributed by atoms with Crippen LogP contribution < -0.4 is 0 Å². The zero-order valence-electron chi connectivity index (χ0n) is 28.6. The van der Waals surface area contributed by atoms with Crippen molar-refractivity contribution in [1.82, 2.24) is 0 Å². The van der Waals surface area contributed by atoms with Crippen molar-refractivity contribution in [2.24, 2.45) is 47.3 Å². The molecule has 4 saturated carbocycles. The molecule has 0 aromatic rings. The molecule has 0 aromatic carbocycles.